The number of halogens is 1. The summed E-state index contributed by atoms with van der Waals surface area (Å²) in [6.45, 7) is 5.68. The molecule has 2 N–H and O–H groups in total. The summed E-state index contributed by atoms with van der Waals surface area (Å²) in [5.41, 5.74) is 6.37. The highest BCUT2D eigenvalue weighted by Crippen LogP contribution is 2.46. The van der Waals surface area contributed by atoms with E-state index in [2.05, 4.69) is 39.3 Å². The second-order valence-corrected chi connectivity index (χ2v) is 8.46. The maximum Gasteiger partial charge on any atom is 0.147 e. The Morgan fingerprint density at radius 3 is 2.28 bits per heavy atom. The Bertz CT molecular complexity index is 814. The molecule has 152 valence electrons. The number of nitriles is 1. The lowest BCUT2D eigenvalue weighted by molar-refractivity contribution is 0.226. The van der Waals surface area contributed by atoms with Crippen molar-refractivity contribution in [1.29, 1.82) is 5.26 Å². The van der Waals surface area contributed by atoms with E-state index in [4.69, 9.17) is 22.6 Å². The number of piperidine rings is 1. The molecule has 3 heterocycles. The quantitative estimate of drug-likeness (QED) is 0.701. The van der Waals surface area contributed by atoms with Crippen LogP contribution in [0.15, 0.2) is 34.6 Å². The Morgan fingerprint density at radius 1 is 1.03 bits per heavy atom. The first-order valence-corrected chi connectivity index (χ1v) is 10.6. The maximum absolute atomic E-state index is 6.50. The van der Waals surface area contributed by atoms with Gasteiger partial charge in [0.2, 0.25) is 0 Å². The van der Waals surface area contributed by atoms with Gasteiger partial charge < -0.3 is 10.6 Å². The summed E-state index contributed by atoms with van der Waals surface area (Å²) in [5.74, 6) is 1.31. The van der Waals surface area contributed by atoms with Gasteiger partial charge in [0.1, 0.15) is 16.7 Å². The molecule has 1 saturated heterocycles. The van der Waals surface area contributed by atoms with E-state index in [0.29, 0.717) is 16.3 Å². The predicted octanol–water partition coefficient (Wildman–Crippen LogP) is 4.81. The van der Waals surface area contributed by atoms with E-state index in [1.54, 1.807) is 6.20 Å². The largest absolute Gasteiger partial charge is 0.382 e. The lowest BCUT2D eigenvalue weighted by atomic mass is 9.77. The van der Waals surface area contributed by atoms with Crippen molar-refractivity contribution in [1.82, 2.24) is 15.0 Å². The van der Waals surface area contributed by atoms with Crippen molar-refractivity contribution in [3.8, 4) is 19.4 Å². The molecular formula is C21H25ClN6S. The number of hydrogen-bond acceptors (Lipinski definition) is 7. The van der Waals surface area contributed by atoms with Crippen molar-refractivity contribution in [3.05, 3.63) is 29.7 Å². The Hall–Kier alpha value is -2.48. The molecule has 1 aliphatic heterocycles. The number of hydrogen-bond donors (Lipinski definition) is 1. The van der Waals surface area contributed by atoms with Gasteiger partial charge in [0.05, 0.1) is 17.4 Å². The molecule has 0 aromatic carbocycles. The third-order valence-corrected chi connectivity index (χ3v) is 7.01. The number of terminal acetylenes is 1. The number of pyridine rings is 1. The zero-order valence-corrected chi connectivity index (χ0v) is 17.9. The summed E-state index contributed by atoms with van der Waals surface area (Å²) in [5, 5.41) is 7.77. The number of nitrogen functional groups attached to an aromatic ring is 1. The van der Waals surface area contributed by atoms with Crippen LogP contribution in [0.25, 0.3) is 0 Å². The van der Waals surface area contributed by atoms with Gasteiger partial charge in [0.15, 0.2) is 0 Å². The predicted molar refractivity (Wildman–Crippen MR) is 119 cm³/mol. The zero-order chi connectivity index (χ0) is 21.3. The molecule has 1 spiro atoms. The van der Waals surface area contributed by atoms with Gasteiger partial charge in [-0.05, 0) is 37.2 Å². The Morgan fingerprint density at radius 2 is 1.69 bits per heavy atom. The summed E-state index contributed by atoms with van der Waals surface area (Å²) in [4.78, 5) is 16.4. The molecule has 2 aromatic heterocycles. The van der Waals surface area contributed by atoms with Gasteiger partial charge >= 0.3 is 0 Å². The highest BCUT2D eigenvalue weighted by molar-refractivity contribution is 7.99. The molecular weight excluding hydrogens is 404 g/mol. The van der Waals surface area contributed by atoms with Crippen LogP contribution in [0.1, 0.15) is 38.5 Å². The molecule has 6 nitrogen and oxygen atoms in total. The molecule has 2 fully saturated rings. The van der Waals surface area contributed by atoms with Crippen molar-refractivity contribution in [2.45, 2.75) is 48.4 Å². The van der Waals surface area contributed by atoms with Crippen LogP contribution < -0.4 is 10.6 Å². The van der Waals surface area contributed by atoms with Gasteiger partial charge in [-0.25, -0.2) is 20.2 Å². The van der Waals surface area contributed by atoms with Gasteiger partial charge in [-0.3, -0.25) is 0 Å². The van der Waals surface area contributed by atoms with E-state index in [1.165, 1.54) is 50.3 Å². The fourth-order valence-corrected chi connectivity index (χ4v) is 4.98. The molecule has 2 aromatic rings. The summed E-state index contributed by atoms with van der Waals surface area (Å²) in [7, 11) is 0. The highest BCUT2D eigenvalue weighted by atomic mass is 35.5. The van der Waals surface area contributed by atoms with Crippen molar-refractivity contribution >= 4 is 35.0 Å². The molecule has 0 radical (unpaired) electrons. The Kier molecular flexibility index (Phi) is 8.57. The smallest absolute Gasteiger partial charge is 0.147 e. The summed E-state index contributed by atoms with van der Waals surface area (Å²) in [6.07, 6.45) is 21.6. The van der Waals surface area contributed by atoms with Gasteiger partial charge in [-0.15, -0.1) is 12.8 Å². The molecule has 0 bridgehead atoms. The minimum atomic E-state index is 0.338. The first-order chi connectivity index (χ1) is 14.2. The first kappa shape index (κ1) is 22.8. The highest BCUT2D eigenvalue weighted by Gasteiger charge is 2.37. The number of nitrogens with zero attached hydrogens (tertiary/aromatic N) is 5. The lowest BCUT2D eigenvalue weighted by Gasteiger charge is -2.39. The van der Waals surface area contributed by atoms with E-state index in [-0.39, 0.29) is 0 Å². The second kappa shape index (κ2) is 10.9. The van der Waals surface area contributed by atoms with Crippen LogP contribution in [0.4, 0.5) is 11.6 Å². The number of anilines is 2. The molecule has 0 atom stereocenters. The lowest BCUT2D eigenvalue weighted by Crippen LogP contribution is -2.39. The van der Waals surface area contributed by atoms with Crippen molar-refractivity contribution in [2.75, 3.05) is 23.7 Å². The normalized spacial score (nSPS) is 16.9. The fourth-order valence-electron chi connectivity index (χ4n) is 3.99. The van der Waals surface area contributed by atoms with E-state index in [9.17, 15) is 0 Å². The van der Waals surface area contributed by atoms with Crippen LogP contribution in [0.2, 0.25) is 5.02 Å². The minimum absolute atomic E-state index is 0.338. The van der Waals surface area contributed by atoms with Crippen LogP contribution in [-0.4, -0.2) is 28.0 Å². The van der Waals surface area contributed by atoms with Gasteiger partial charge in [0, 0.05) is 30.8 Å². The zero-order valence-electron chi connectivity index (χ0n) is 16.3. The van der Waals surface area contributed by atoms with E-state index < -0.39 is 0 Å². The molecule has 2 aliphatic rings. The molecule has 8 heteroatoms. The van der Waals surface area contributed by atoms with E-state index in [0.717, 1.165) is 28.8 Å². The van der Waals surface area contributed by atoms with Crippen molar-refractivity contribution < 1.29 is 0 Å². The summed E-state index contributed by atoms with van der Waals surface area (Å²) >= 11 is 7.65. The first-order valence-electron chi connectivity index (χ1n) is 9.39. The second-order valence-electron chi connectivity index (χ2n) is 7.02. The van der Waals surface area contributed by atoms with Gasteiger partial charge in [-0.2, -0.15) is 0 Å². The van der Waals surface area contributed by atoms with Crippen LogP contribution in [0, 0.1) is 30.1 Å². The molecule has 4 rings (SSSR count). The van der Waals surface area contributed by atoms with Crippen molar-refractivity contribution in [3.63, 3.8) is 0 Å². The third-order valence-electron chi connectivity index (χ3n) is 5.52. The SMILES string of the molecule is C#C.C#N.Nc1nccc(Sc2cnc(N3CCC4(CCCC4)CC3)cn2)c1Cl. The van der Waals surface area contributed by atoms with E-state index >= 15 is 0 Å². The molecule has 1 saturated carbocycles. The third kappa shape index (κ3) is 5.53. The summed E-state index contributed by atoms with van der Waals surface area (Å²) in [6, 6.07) is 1.84. The van der Waals surface area contributed by atoms with Crippen LogP contribution in [-0.2, 0) is 0 Å². The minimum Gasteiger partial charge on any atom is -0.382 e. The van der Waals surface area contributed by atoms with Crippen LogP contribution >= 0.6 is 23.4 Å². The molecule has 0 unspecified atom stereocenters. The van der Waals surface area contributed by atoms with Crippen molar-refractivity contribution in [2.24, 2.45) is 5.41 Å². The molecule has 1 aliphatic carbocycles. The molecule has 29 heavy (non-hydrogen) atoms. The molecule has 0 amide bonds. The standard InChI is InChI=1S/C18H22ClN5S.C2H2.CHN/c19-16-13(3-8-21-17(16)20)25-15-12-22-14(11-23-15)24-9-6-18(7-10-24)4-1-2-5-18;2*1-2/h3,8,11-12H,1-2,4-7,9-10H2,(H2,20,21);1-2H;1H. The average Bonchev–Trinajstić information content (AvgIpc) is 3.23. The van der Waals surface area contributed by atoms with E-state index in [1.807, 2.05) is 18.5 Å². The van der Waals surface area contributed by atoms with Crippen LogP contribution in [0.5, 0.6) is 0 Å². The average molecular weight is 429 g/mol. The van der Waals surface area contributed by atoms with Gasteiger partial charge in [0.25, 0.3) is 0 Å². The van der Waals surface area contributed by atoms with Gasteiger partial charge in [-0.1, -0.05) is 36.2 Å². The number of rotatable bonds is 3. The Balaban J connectivity index is 0.000000707. The fraction of sp³-hybridized carbons (Fsp3) is 0.429. The number of nitrogens with two attached hydrogens (primary N) is 1. The maximum atomic E-state index is 6.50. The topological polar surface area (TPSA) is 91.7 Å². The Labute approximate surface area is 181 Å². The number of aromatic nitrogens is 3. The summed E-state index contributed by atoms with van der Waals surface area (Å²) < 4.78 is 0. The van der Waals surface area contributed by atoms with Crippen LogP contribution in [0.3, 0.4) is 0 Å². The monoisotopic (exact) mass is 428 g/mol.